The summed E-state index contributed by atoms with van der Waals surface area (Å²) in [5.74, 6) is 0.489. The van der Waals surface area contributed by atoms with Gasteiger partial charge in [0.2, 0.25) is 0 Å². The zero-order chi connectivity index (χ0) is 9.84. The SMILES string of the molecule is C=CCc1c(C)cc(OO)cc1C. The van der Waals surface area contributed by atoms with E-state index in [9.17, 15) is 0 Å². The predicted octanol–water partition coefficient (Wildman–Crippen LogP) is 2.88. The Kier molecular flexibility index (Phi) is 3.09. The van der Waals surface area contributed by atoms with E-state index in [0.717, 1.165) is 17.5 Å². The second-order valence-electron chi connectivity index (χ2n) is 3.12. The Morgan fingerprint density at radius 1 is 1.38 bits per heavy atom. The van der Waals surface area contributed by atoms with Crippen LogP contribution in [0.1, 0.15) is 16.7 Å². The fourth-order valence-electron chi connectivity index (χ4n) is 1.47. The Morgan fingerprint density at radius 2 is 1.92 bits per heavy atom. The maximum Gasteiger partial charge on any atom is 0.165 e. The quantitative estimate of drug-likeness (QED) is 0.438. The molecule has 0 aromatic heterocycles. The minimum atomic E-state index is 0.489. The molecule has 1 aromatic carbocycles. The Bertz CT molecular complexity index is 293. The fourth-order valence-corrected chi connectivity index (χ4v) is 1.47. The Hall–Kier alpha value is -1.28. The topological polar surface area (TPSA) is 29.5 Å². The van der Waals surface area contributed by atoms with Crippen LogP contribution in [0.4, 0.5) is 0 Å². The van der Waals surface area contributed by atoms with Crippen LogP contribution in [0.15, 0.2) is 24.8 Å². The van der Waals surface area contributed by atoms with E-state index in [1.54, 1.807) is 0 Å². The van der Waals surface area contributed by atoms with Crippen LogP contribution in [-0.2, 0) is 6.42 Å². The summed E-state index contributed by atoms with van der Waals surface area (Å²) in [6.07, 6.45) is 2.72. The van der Waals surface area contributed by atoms with Crippen molar-refractivity contribution in [3.05, 3.63) is 41.5 Å². The van der Waals surface area contributed by atoms with Crippen molar-refractivity contribution in [2.24, 2.45) is 0 Å². The molecule has 0 heterocycles. The summed E-state index contributed by atoms with van der Waals surface area (Å²) in [7, 11) is 0. The molecule has 2 nitrogen and oxygen atoms in total. The first-order valence-corrected chi connectivity index (χ1v) is 4.21. The summed E-state index contributed by atoms with van der Waals surface area (Å²) in [5.41, 5.74) is 3.48. The van der Waals surface area contributed by atoms with Crippen molar-refractivity contribution in [1.29, 1.82) is 0 Å². The van der Waals surface area contributed by atoms with Gasteiger partial charge < -0.3 is 4.89 Å². The van der Waals surface area contributed by atoms with Gasteiger partial charge in [-0.25, -0.2) is 5.26 Å². The first-order valence-electron chi connectivity index (χ1n) is 4.21. The molecule has 1 N–H and O–H groups in total. The summed E-state index contributed by atoms with van der Waals surface area (Å²) >= 11 is 0. The average Bonchev–Trinajstić information content (AvgIpc) is 2.11. The molecular weight excluding hydrogens is 164 g/mol. The highest BCUT2D eigenvalue weighted by Gasteiger charge is 2.04. The van der Waals surface area contributed by atoms with Gasteiger partial charge in [-0.3, -0.25) is 0 Å². The van der Waals surface area contributed by atoms with Crippen LogP contribution in [0, 0.1) is 13.8 Å². The van der Waals surface area contributed by atoms with Gasteiger partial charge in [0.15, 0.2) is 5.75 Å². The highest BCUT2D eigenvalue weighted by Crippen LogP contribution is 2.21. The van der Waals surface area contributed by atoms with Crippen LogP contribution in [0.5, 0.6) is 5.75 Å². The summed E-state index contributed by atoms with van der Waals surface area (Å²) in [6.45, 7) is 7.69. The number of hydrogen-bond acceptors (Lipinski definition) is 2. The molecule has 0 radical (unpaired) electrons. The maximum atomic E-state index is 8.49. The number of aryl methyl sites for hydroxylation is 2. The fraction of sp³-hybridized carbons (Fsp3) is 0.273. The maximum absolute atomic E-state index is 8.49. The van der Waals surface area contributed by atoms with E-state index < -0.39 is 0 Å². The van der Waals surface area contributed by atoms with Gasteiger partial charge in [-0.1, -0.05) is 6.08 Å². The standard InChI is InChI=1S/C11H14O2/c1-4-5-11-8(2)6-10(13-12)7-9(11)3/h4,6-7,12H,1,5H2,2-3H3. The monoisotopic (exact) mass is 178 g/mol. The zero-order valence-corrected chi connectivity index (χ0v) is 8.00. The molecule has 0 unspecified atom stereocenters. The number of benzene rings is 1. The molecule has 0 amide bonds. The molecule has 0 aliphatic heterocycles. The molecule has 0 spiro atoms. The van der Waals surface area contributed by atoms with Gasteiger partial charge in [0.1, 0.15) is 0 Å². The molecule has 70 valence electrons. The first-order chi connectivity index (χ1) is 6.19. The van der Waals surface area contributed by atoms with Gasteiger partial charge in [-0.05, 0) is 49.1 Å². The van der Waals surface area contributed by atoms with E-state index >= 15 is 0 Å². The summed E-state index contributed by atoms with van der Waals surface area (Å²) in [4.78, 5) is 4.18. The lowest BCUT2D eigenvalue weighted by atomic mass is 10.00. The average molecular weight is 178 g/mol. The predicted molar refractivity (Wildman–Crippen MR) is 53.1 cm³/mol. The third kappa shape index (κ3) is 2.10. The molecule has 0 atom stereocenters. The molecule has 0 aliphatic carbocycles. The second kappa shape index (κ2) is 4.10. The van der Waals surface area contributed by atoms with Crippen molar-refractivity contribution >= 4 is 0 Å². The minimum Gasteiger partial charge on any atom is -0.340 e. The van der Waals surface area contributed by atoms with Crippen molar-refractivity contribution in [3.8, 4) is 5.75 Å². The van der Waals surface area contributed by atoms with Gasteiger partial charge in [-0.2, -0.15) is 0 Å². The van der Waals surface area contributed by atoms with Crippen molar-refractivity contribution in [2.75, 3.05) is 0 Å². The third-order valence-electron chi connectivity index (χ3n) is 2.12. The van der Waals surface area contributed by atoms with E-state index in [1.165, 1.54) is 5.56 Å². The number of rotatable bonds is 3. The Balaban J connectivity index is 3.14. The van der Waals surface area contributed by atoms with Gasteiger partial charge in [0.25, 0.3) is 0 Å². The lowest BCUT2D eigenvalue weighted by Crippen LogP contribution is -1.94. The van der Waals surface area contributed by atoms with E-state index in [0.29, 0.717) is 5.75 Å². The van der Waals surface area contributed by atoms with Crippen LogP contribution >= 0.6 is 0 Å². The molecule has 2 heteroatoms. The van der Waals surface area contributed by atoms with Crippen molar-refractivity contribution < 1.29 is 10.1 Å². The minimum absolute atomic E-state index is 0.489. The van der Waals surface area contributed by atoms with Crippen LogP contribution in [0.3, 0.4) is 0 Å². The molecular formula is C11H14O2. The Morgan fingerprint density at radius 3 is 2.31 bits per heavy atom. The van der Waals surface area contributed by atoms with Crippen molar-refractivity contribution in [2.45, 2.75) is 20.3 Å². The third-order valence-corrected chi connectivity index (χ3v) is 2.12. The first kappa shape index (κ1) is 9.81. The molecule has 13 heavy (non-hydrogen) atoms. The molecule has 0 saturated carbocycles. The zero-order valence-electron chi connectivity index (χ0n) is 8.00. The smallest absolute Gasteiger partial charge is 0.165 e. The molecule has 1 aromatic rings. The number of allylic oxidation sites excluding steroid dienone is 1. The van der Waals surface area contributed by atoms with E-state index in [2.05, 4.69) is 11.5 Å². The van der Waals surface area contributed by atoms with Crippen LogP contribution in [0.2, 0.25) is 0 Å². The lowest BCUT2D eigenvalue weighted by molar-refractivity contribution is -0.137. The van der Waals surface area contributed by atoms with Crippen LogP contribution in [-0.4, -0.2) is 5.26 Å². The molecule has 0 bridgehead atoms. The van der Waals surface area contributed by atoms with E-state index in [1.807, 2.05) is 32.1 Å². The molecule has 0 fully saturated rings. The largest absolute Gasteiger partial charge is 0.340 e. The second-order valence-corrected chi connectivity index (χ2v) is 3.12. The van der Waals surface area contributed by atoms with Gasteiger partial charge in [0.05, 0.1) is 0 Å². The molecule has 0 aliphatic rings. The highest BCUT2D eigenvalue weighted by atomic mass is 17.1. The normalized spacial score (nSPS) is 9.77. The lowest BCUT2D eigenvalue weighted by Gasteiger charge is -2.08. The Labute approximate surface area is 78.4 Å². The molecule has 0 saturated heterocycles. The van der Waals surface area contributed by atoms with Crippen molar-refractivity contribution in [1.82, 2.24) is 0 Å². The summed E-state index contributed by atoms with van der Waals surface area (Å²) < 4.78 is 0. The molecule has 1 rings (SSSR count). The van der Waals surface area contributed by atoms with E-state index in [-0.39, 0.29) is 0 Å². The van der Waals surface area contributed by atoms with E-state index in [4.69, 9.17) is 5.26 Å². The van der Waals surface area contributed by atoms with Crippen molar-refractivity contribution in [3.63, 3.8) is 0 Å². The van der Waals surface area contributed by atoms with Gasteiger partial charge in [-0.15, -0.1) is 6.58 Å². The van der Waals surface area contributed by atoms with Gasteiger partial charge >= 0.3 is 0 Å². The summed E-state index contributed by atoms with van der Waals surface area (Å²) in [6, 6.07) is 3.62. The summed E-state index contributed by atoms with van der Waals surface area (Å²) in [5, 5.41) is 8.49. The van der Waals surface area contributed by atoms with Gasteiger partial charge in [0, 0.05) is 0 Å². The number of hydrogen-bond donors (Lipinski definition) is 1. The highest BCUT2D eigenvalue weighted by molar-refractivity contribution is 5.41. The van der Waals surface area contributed by atoms with Crippen LogP contribution < -0.4 is 4.89 Å². The van der Waals surface area contributed by atoms with Crippen LogP contribution in [0.25, 0.3) is 0 Å².